The van der Waals surface area contributed by atoms with E-state index in [-0.39, 0.29) is 29.3 Å². The standard InChI is InChI=1S/C20H19FN2O2/c1-11-4-2-3-5-13(11)14-9-15(14)20(25)23-18-8-12-6-7-19(24)22-17(12)10-16(18)21/h2-5,8,10,14-15H,6-7,9H2,1H3,(H,22,24)(H,23,25)/t14-,15-/m0/s1. The molecule has 25 heavy (non-hydrogen) atoms. The van der Waals surface area contributed by atoms with E-state index in [4.69, 9.17) is 0 Å². The van der Waals surface area contributed by atoms with Gasteiger partial charge in [0.05, 0.1) is 5.69 Å². The molecule has 2 aliphatic rings. The van der Waals surface area contributed by atoms with E-state index < -0.39 is 5.82 Å². The molecule has 2 aromatic carbocycles. The van der Waals surface area contributed by atoms with Gasteiger partial charge in [0.1, 0.15) is 5.82 Å². The van der Waals surface area contributed by atoms with E-state index in [0.717, 1.165) is 12.0 Å². The van der Waals surface area contributed by atoms with E-state index in [1.165, 1.54) is 17.2 Å². The minimum absolute atomic E-state index is 0.109. The summed E-state index contributed by atoms with van der Waals surface area (Å²) in [6, 6.07) is 11.0. The van der Waals surface area contributed by atoms with Crippen LogP contribution in [0, 0.1) is 18.7 Å². The Balaban J connectivity index is 1.49. The first-order chi connectivity index (χ1) is 12.0. The number of carbonyl (C=O) groups excluding carboxylic acids is 2. The van der Waals surface area contributed by atoms with Crippen LogP contribution in [-0.2, 0) is 16.0 Å². The average molecular weight is 338 g/mol. The van der Waals surface area contributed by atoms with Gasteiger partial charge in [0.25, 0.3) is 0 Å². The summed E-state index contributed by atoms with van der Waals surface area (Å²) >= 11 is 0. The second-order valence-corrected chi connectivity index (χ2v) is 6.83. The number of carbonyl (C=O) groups is 2. The number of amides is 2. The van der Waals surface area contributed by atoms with E-state index in [0.29, 0.717) is 18.5 Å². The van der Waals surface area contributed by atoms with Gasteiger partial charge in [-0.25, -0.2) is 4.39 Å². The summed E-state index contributed by atoms with van der Waals surface area (Å²) in [5.74, 6) is -0.686. The summed E-state index contributed by atoms with van der Waals surface area (Å²) in [4.78, 5) is 23.9. The number of benzene rings is 2. The molecule has 2 amide bonds. The van der Waals surface area contributed by atoms with Crippen molar-refractivity contribution < 1.29 is 14.0 Å². The Morgan fingerprint density at radius 2 is 2.04 bits per heavy atom. The van der Waals surface area contributed by atoms with Crippen molar-refractivity contribution in [2.75, 3.05) is 10.6 Å². The van der Waals surface area contributed by atoms with Crippen LogP contribution in [0.1, 0.15) is 35.4 Å². The molecule has 0 radical (unpaired) electrons. The fourth-order valence-corrected chi connectivity index (χ4v) is 3.55. The van der Waals surface area contributed by atoms with Crippen LogP contribution in [0.3, 0.4) is 0 Å². The minimum Gasteiger partial charge on any atom is -0.326 e. The van der Waals surface area contributed by atoms with Gasteiger partial charge in [-0.1, -0.05) is 24.3 Å². The first-order valence-corrected chi connectivity index (χ1v) is 8.51. The molecule has 0 unspecified atom stereocenters. The van der Waals surface area contributed by atoms with Crippen molar-refractivity contribution in [3.8, 4) is 0 Å². The van der Waals surface area contributed by atoms with Crippen LogP contribution in [0.4, 0.5) is 15.8 Å². The molecule has 2 N–H and O–H groups in total. The highest BCUT2D eigenvalue weighted by atomic mass is 19.1. The van der Waals surface area contributed by atoms with Crippen LogP contribution in [0.5, 0.6) is 0 Å². The summed E-state index contributed by atoms with van der Waals surface area (Å²) in [6.07, 6.45) is 1.73. The van der Waals surface area contributed by atoms with Crippen molar-refractivity contribution in [1.82, 2.24) is 0 Å². The molecule has 2 aromatic rings. The maximum absolute atomic E-state index is 14.3. The maximum Gasteiger partial charge on any atom is 0.228 e. The quantitative estimate of drug-likeness (QED) is 0.895. The van der Waals surface area contributed by atoms with Crippen LogP contribution in [0.15, 0.2) is 36.4 Å². The zero-order valence-corrected chi connectivity index (χ0v) is 13.9. The highest BCUT2D eigenvalue weighted by molar-refractivity contribution is 5.97. The SMILES string of the molecule is Cc1ccccc1[C@@H]1C[C@@H]1C(=O)Nc1cc2c(cc1F)NC(=O)CC2. The predicted octanol–water partition coefficient (Wildman–Crippen LogP) is 3.76. The molecule has 128 valence electrons. The number of halogens is 1. The lowest BCUT2D eigenvalue weighted by Crippen LogP contribution is -2.21. The molecule has 1 aliphatic heterocycles. The molecule has 0 saturated heterocycles. The van der Waals surface area contributed by atoms with Crippen molar-refractivity contribution in [1.29, 1.82) is 0 Å². The Morgan fingerprint density at radius 1 is 1.24 bits per heavy atom. The molecular weight excluding hydrogens is 319 g/mol. The van der Waals surface area contributed by atoms with Gasteiger partial charge >= 0.3 is 0 Å². The van der Waals surface area contributed by atoms with Crippen molar-refractivity contribution >= 4 is 23.2 Å². The molecule has 1 saturated carbocycles. The van der Waals surface area contributed by atoms with Crippen molar-refractivity contribution in [2.24, 2.45) is 5.92 Å². The van der Waals surface area contributed by atoms with Crippen molar-refractivity contribution in [2.45, 2.75) is 32.1 Å². The third-order valence-corrected chi connectivity index (χ3v) is 5.06. The second kappa shape index (κ2) is 5.99. The molecule has 0 spiro atoms. The van der Waals surface area contributed by atoms with Gasteiger partial charge < -0.3 is 10.6 Å². The van der Waals surface area contributed by atoms with E-state index in [9.17, 15) is 14.0 Å². The van der Waals surface area contributed by atoms with E-state index >= 15 is 0 Å². The number of anilines is 2. The average Bonchev–Trinajstić information content (AvgIpc) is 3.37. The van der Waals surface area contributed by atoms with Gasteiger partial charge in [-0.05, 0) is 54.5 Å². The molecule has 4 rings (SSSR count). The summed E-state index contributed by atoms with van der Waals surface area (Å²) in [5.41, 5.74) is 3.91. The number of nitrogens with one attached hydrogen (secondary N) is 2. The molecule has 2 atom stereocenters. The van der Waals surface area contributed by atoms with Gasteiger partial charge in [-0.3, -0.25) is 9.59 Å². The Kier molecular flexibility index (Phi) is 3.79. The summed E-state index contributed by atoms with van der Waals surface area (Å²) in [5, 5.41) is 5.39. The van der Waals surface area contributed by atoms with Crippen molar-refractivity contribution in [3.63, 3.8) is 0 Å². The lowest BCUT2D eigenvalue weighted by molar-refractivity contribution is -0.117. The van der Waals surface area contributed by atoms with E-state index in [1.54, 1.807) is 6.07 Å². The number of hydrogen-bond donors (Lipinski definition) is 2. The lowest BCUT2D eigenvalue weighted by atomic mass is 10.0. The van der Waals surface area contributed by atoms with Gasteiger partial charge in [-0.2, -0.15) is 0 Å². The second-order valence-electron chi connectivity index (χ2n) is 6.83. The number of fused-ring (bicyclic) bond motifs is 1. The Labute approximate surface area is 145 Å². The molecule has 4 nitrogen and oxygen atoms in total. The molecule has 0 aromatic heterocycles. The van der Waals surface area contributed by atoms with Crippen LogP contribution >= 0.6 is 0 Å². The predicted molar refractivity (Wildman–Crippen MR) is 94.0 cm³/mol. The molecule has 5 heteroatoms. The molecule has 1 heterocycles. The molecular formula is C20H19FN2O2. The fourth-order valence-electron chi connectivity index (χ4n) is 3.55. The summed E-state index contributed by atoms with van der Waals surface area (Å²) < 4.78 is 14.3. The molecule has 0 bridgehead atoms. The van der Waals surface area contributed by atoms with Gasteiger partial charge in [0, 0.05) is 18.0 Å². The highest BCUT2D eigenvalue weighted by Crippen LogP contribution is 2.49. The monoisotopic (exact) mass is 338 g/mol. The van der Waals surface area contributed by atoms with E-state index in [1.807, 2.05) is 25.1 Å². The third kappa shape index (κ3) is 3.02. The molecule has 1 aliphatic carbocycles. The maximum atomic E-state index is 14.3. The van der Waals surface area contributed by atoms with Crippen molar-refractivity contribution in [3.05, 3.63) is 58.9 Å². The smallest absolute Gasteiger partial charge is 0.228 e. The van der Waals surface area contributed by atoms with Crippen LogP contribution in [-0.4, -0.2) is 11.8 Å². The highest BCUT2D eigenvalue weighted by Gasteiger charge is 2.44. The summed E-state index contributed by atoms with van der Waals surface area (Å²) in [7, 11) is 0. The van der Waals surface area contributed by atoms with Gasteiger partial charge in [0.15, 0.2) is 0 Å². The van der Waals surface area contributed by atoms with E-state index in [2.05, 4.69) is 16.7 Å². The zero-order valence-electron chi connectivity index (χ0n) is 13.9. The summed E-state index contributed by atoms with van der Waals surface area (Å²) in [6.45, 7) is 2.04. The Bertz CT molecular complexity index is 878. The topological polar surface area (TPSA) is 58.2 Å². The fraction of sp³-hybridized carbons (Fsp3) is 0.300. The van der Waals surface area contributed by atoms with Crippen LogP contribution in [0.25, 0.3) is 0 Å². The van der Waals surface area contributed by atoms with Gasteiger partial charge in [0.2, 0.25) is 11.8 Å². The Hall–Kier alpha value is -2.69. The largest absolute Gasteiger partial charge is 0.326 e. The normalized spacial score (nSPS) is 21.3. The Morgan fingerprint density at radius 3 is 2.84 bits per heavy atom. The molecule has 1 fully saturated rings. The zero-order chi connectivity index (χ0) is 17.6. The lowest BCUT2D eigenvalue weighted by Gasteiger charge is -2.18. The van der Waals surface area contributed by atoms with Crippen LogP contribution in [0.2, 0.25) is 0 Å². The first kappa shape index (κ1) is 15.8. The van der Waals surface area contributed by atoms with Gasteiger partial charge in [-0.15, -0.1) is 0 Å². The number of rotatable bonds is 3. The minimum atomic E-state index is -0.526. The number of aryl methyl sites for hydroxylation is 2. The number of hydrogen-bond acceptors (Lipinski definition) is 2. The first-order valence-electron chi connectivity index (χ1n) is 8.51. The van der Waals surface area contributed by atoms with Crippen LogP contribution < -0.4 is 10.6 Å². The third-order valence-electron chi connectivity index (χ3n) is 5.06.